The molecule has 3 aromatic heterocycles. The second-order valence-electron chi connectivity index (χ2n) is 6.29. The van der Waals surface area contributed by atoms with Crippen molar-refractivity contribution >= 4 is 33.4 Å². The number of hydrazine groups is 1. The third kappa shape index (κ3) is 3.27. The number of hydrogen-bond acceptors (Lipinski definition) is 5. The zero-order valence-corrected chi connectivity index (χ0v) is 16.1. The summed E-state index contributed by atoms with van der Waals surface area (Å²) in [5, 5.41) is 5.48. The largest absolute Gasteiger partial charge is 0.325 e. The quantitative estimate of drug-likeness (QED) is 0.520. The lowest BCUT2D eigenvalue weighted by Gasteiger charge is -2.13. The number of hydrogen-bond donors (Lipinski definition) is 2. The minimum Gasteiger partial charge on any atom is -0.325 e. The second-order valence-corrected chi connectivity index (χ2v) is 7.32. The third-order valence-electron chi connectivity index (χ3n) is 4.42. The summed E-state index contributed by atoms with van der Waals surface area (Å²) in [7, 11) is 0. The number of para-hydroxylation sites is 1. The van der Waals surface area contributed by atoms with Gasteiger partial charge in [-0.3, -0.25) is 20.4 Å². The molecule has 3 heterocycles. The number of aromatic nitrogens is 4. The molecule has 0 saturated heterocycles. The lowest BCUT2D eigenvalue weighted by Crippen LogP contribution is -2.44. The number of fused-ring (bicyclic) bond motifs is 1. The van der Waals surface area contributed by atoms with Crippen molar-refractivity contribution in [1.29, 1.82) is 0 Å². The van der Waals surface area contributed by atoms with Gasteiger partial charge in [-0.2, -0.15) is 5.10 Å². The van der Waals surface area contributed by atoms with E-state index >= 15 is 0 Å². The van der Waals surface area contributed by atoms with Crippen molar-refractivity contribution in [2.24, 2.45) is 0 Å². The maximum atomic E-state index is 12.5. The van der Waals surface area contributed by atoms with E-state index in [4.69, 9.17) is 0 Å². The van der Waals surface area contributed by atoms with Crippen molar-refractivity contribution in [2.45, 2.75) is 19.9 Å². The first-order valence-corrected chi connectivity index (χ1v) is 9.48. The van der Waals surface area contributed by atoms with E-state index < -0.39 is 6.04 Å². The number of benzene rings is 1. The summed E-state index contributed by atoms with van der Waals surface area (Å²) in [6.07, 6.45) is 4.84. The van der Waals surface area contributed by atoms with E-state index in [1.54, 1.807) is 36.3 Å². The van der Waals surface area contributed by atoms with Crippen molar-refractivity contribution in [3.63, 3.8) is 0 Å². The van der Waals surface area contributed by atoms with Gasteiger partial charge in [0.25, 0.3) is 11.8 Å². The van der Waals surface area contributed by atoms with Gasteiger partial charge in [0, 0.05) is 17.8 Å². The van der Waals surface area contributed by atoms with Gasteiger partial charge in [0.2, 0.25) is 0 Å². The molecule has 142 valence electrons. The predicted molar refractivity (Wildman–Crippen MR) is 106 cm³/mol. The van der Waals surface area contributed by atoms with Crippen LogP contribution in [-0.4, -0.2) is 31.1 Å². The number of rotatable bonds is 4. The highest BCUT2D eigenvalue weighted by atomic mass is 32.1. The zero-order valence-electron chi connectivity index (χ0n) is 15.3. The minimum atomic E-state index is -0.487. The van der Waals surface area contributed by atoms with Gasteiger partial charge in [-0.05, 0) is 32.0 Å². The molecular weight excluding hydrogens is 376 g/mol. The molecule has 2 N–H and O–H groups in total. The summed E-state index contributed by atoms with van der Waals surface area (Å²) < 4.78 is 3.48. The average molecular weight is 394 g/mol. The van der Waals surface area contributed by atoms with Crippen LogP contribution in [0.15, 0.2) is 55.1 Å². The van der Waals surface area contributed by atoms with Gasteiger partial charge in [0.15, 0.2) is 0 Å². The molecule has 4 aromatic rings. The van der Waals surface area contributed by atoms with Gasteiger partial charge in [-0.15, -0.1) is 11.3 Å². The Morgan fingerprint density at radius 3 is 2.68 bits per heavy atom. The van der Waals surface area contributed by atoms with Gasteiger partial charge >= 0.3 is 0 Å². The molecule has 0 fully saturated rings. The Bertz CT molecular complexity index is 1130. The number of carbonyl (C=O) groups excluding carboxylic acids is 2. The number of nitrogens with zero attached hydrogens (tertiary/aromatic N) is 4. The highest BCUT2D eigenvalue weighted by molar-refractivity contribution is 7.20. The Hall–Kier alpha value is -3.46. The van der Waals surface area contributed by atoms with E-state index in [9.17, 15) is 9.59 Å². The Morgan fingerprint density at radius 1 is 1.18 bits per heavy atom. The van der Waals surface area contributed by atoms with Crippen molar-refractivity contribution in [3.05, 3.63) is 65.7 Å². The number of imidazole rings is 1. The normalized spacial score (nSPS) is 12.1. The molecule has 4 rings (SSSR count). The standard InChI is InChI=1S/C19H18N6O2S/c1-12-15-10-16(28-19(15)25(23-12)14-6-4-3-5-7-14)18(27)22-21-17(26)13(2)24-9-8-20-11-24/h3-11,13H,1-2H3,(H,21,26)(H,22,27). The first-order chi connectivity index (χ1) is 13.5. The number of aryl methyl sites for hydroxylation is 1. The zero-order chi connectivity index (χ0) is 19.7. The fourth-order valence-corrected chi connectivity index (χ4v) is 3.90. The molecule has 1 atom stereocenters. The highest BCUT2D eigenvalue weighted by Crippen LogP contribution is 2.30. The summed E-state index contributed by atoms with van der Waals surface area (Å²) in [5.74, 6) is -0.703. The Balaban J connectivity index is 1.51. The van der Waals surface area contributed by atoms with Crippen LogP contribution >= 0.6 is 11.3 Å². The number of nitrogens with one attached hydrogen (secondary N) is 2. The molecule has 1 aromatic carbocycles. The van der Waals surface area contributed by atoms with Crippen LogP contribution < -0.4 is 10.9 Å². The van der Waals surface area contributed by atoms with Crippen LogP contribution in [-0.2, 0) is 4.79 Å². The number of amides is 2. The van der Waals surface area contributed by atoms with Crippen LogP contribution in [0, 0.1) is 6.92 Å². The minimum absolute atomic E-state index is 0.334. The van der Waals surface area contributed by atoms with Gasteiger partial charge in [-0.1, -0.05) is 18.2 Å². The summed E-state index contributed by atoms with van der Waals surface area (Å²) in [5.41, 5.74) is 6.71. The van der Waals surface area contributed by atoms with Crippen molar-refractivity contribution in [3.8, 4) is 5.69 Å². The molecule has 1 unspecified atom stereocenters. The van der Waals surface area contributed by atoms with Crippen molar-refractivity contribution in [1.82, 2.24) is 30.2 Å². The fraction of sp³-hybridized carbons (Fsp3) is 0.158. The van der Waals surface area contributed by atoms with Crippen LogP contribution in [0.1, 0.15) is 28.3 Å². The molecule has 0 saturated carbocycles. The molecule has 0 aliphatic heterocycles. The SMILES string of the molecule is Cc1nn(-c2ccccc2)c2sc(C(=O)NNC(=O)C(C)n3ccnc3)cc12. The highest BCUT2D eigenvalue weighted by Gasteiger charge is 2.19. The van der Waals surface area contributed by atoms with E-state index in [0.29, 0.717) is 4.88 Å². The number of carbonyl (C=O) groups is 2. The van der Waals surface area contributed by atoms with E-state index in [0.717, 1.165) is 21.6 Å². The van der Waals surface area contributed by atoms with Crippen molar-refractivity contribution in [2.75, 3.05) is 0 Å². The number of thiophene rings is 1. The molecule has 0 aliphatic carbocycles. The monoisotopic (exact) mass is 394 g/mol. The summed E-state index contributed by atoms with van der Waals surface area (Å²) in [6, 6.07) is 11.1. The maximum absolute atomic E-state index is 12.5. The van der Waals surface area contributed by atoms with E-state index in [1.165, 1.54) is 11.3 Å². The second kappa shape index (κ2) is 7.28. The fourth-order valence-electron chi connectivity index (χ4n) is 2.82. The molecule has 0 bridgehead atoms. The molecule has 28 heavy (non-hydrogen) atoms. The third-order valence-corrected chi connectivity index (χ3v) is 5.53. The summed E-state index contributed by atoms with van der Waals surface area (Å²) in [6.45, 7) is 3.63. The van der Waals surface area contributed by atoms with Gasteiger partial charge < -0.3 is 4.57 Å². The van der Waals surface area contributed by atoms with E-state index in [1.807, 2.05) is 41.9 Å². The van der Waals surface area contributed by atoms with Crippen LogP contribution in [0.3, 0.4) is 0 Å². The molecular formula is C19H18N6O2S. The predicted octanol–water partition coefficient (Wildman–Crippen LogP) is 2.61. The topological polar surface area (TPSA) is 93.8 Å². The van der Waals surface area contributed by atoms with Crippen LogP contribution in [0.25, 0.3) is 15.9 Å². The van der Waals surface area contributed by atoms with Crippen LogP contribution in [0.4, 0.5) is 0 Å². The first kappa shape index (κ1) is 17.9. The molecule has 0 radical (unpaired) electrons. The smallest absolute Gasteiger partial charge is 0.279 e. The molecule has 2 amide bonds. The van der Waals surface area contributed by atoms with Crippen molar-refractivity contribution < 1.29 is 9.59 Å². The van der Waals surface area contributed by atoms with Gasteiger partial charge in [0.1, 0.15) is 10.9 Å². The Morgan fingerprint density at radius 2 is 1.96 bits per heavy atom. The molecule has 0 aliphatic rings. The van der Waals surface area contributed by atoms with E-state index in [2.05, 4.69) is 20.9 Å². The van der Waals surface area contributed by atoms with E-state index in [-0.39, 0.29) is 11.8 Å². The Labute approximate surface area is 164 Å². The average Bonchev–Trinajstić information content (AvgIpc) is 3.44. The van der Waals surface area contributed by atoms with Gasteiger partial charge in [0.05, 0.1) is 22.6 Å². The van der Waals surface area contributed by atoms with Crippen LogP contribution in [0.2, 0.25) is 0 Å². The van der Waals surface area contributed by atoms with Gasteiger partial charge in [-0.25, -0.2) is 9.67 Å². The first-order valence-electron chi connectivity index (χ1n) is 8.67. The summed E-state index contributed by atoms with van der Waals surface area (Å²) >= 11 is 1.33. The lowest BCUT2D eigenvalue weighted by atomic mass is 10.3. The summed E-state index contributed by atoms with van der Waals surface area (Å²) in [4.78, 5) is 30.0. The van der Waals surface area contributed by atoms with Crippen LogP contribution in [0.5, 0.6) is 0 Å². The lowest BCUT2D eigenvalue weighted by molar-refractivity contribution is -0.124. The molecule has 8 nitrogen and oxygen atoms in total. The maximum Gasteiger partial charge on any atom is 0.279 e. The molecule has 0 spiro atoms. The molecule has 9 heteroatoms. The Kier molecular flexibility index (Phi) is 4.66.